The Labute approximate surface area is 147 Å². The van der Waals surface area contributed by atoms with Crippen molar-refractivity contribution in [3.8, 4) is 22.8 Å². The van der Waals surface area contributed by atoms with Crippen molar-refractivity contribution in [1.29, 1.82) is 0 Å². The van der Waals surface area contributed by atoms with Crippen LogP contribution in [0.3, 0.4) is 0 Å². The number of phenolic OH excluding ortho intramolecular Hbond substituents is 1. The first-order valence-corrected chi connectivity index (χ1v) is 7.82. The molecular formula is C17H15F2N5O2. The number of anilines is 1. The number of aromatic nitrogens is 2. The summed E-state index contributed by atoms with van der Waals surface area (Å²) in [5.41, 5.74) is 1.36. The maximum absolute atomic E-state index is 12.8. The average molecular weight is 359 g/mol. The number of alkyl halides is 2. The minimum absolute atomic E-state index is 0.0580. The number of ether oxygens (including phenoxy) is 1. The summed E-state index contributed by atoms with van der Waals surface area (Å²) in [6, 6.07) is 3.95. The molecule has 0 radical (unpaired) electrons. The first-order valence-electron chi connectivity index (χ1n) is 7.82. The van der Waals surface area contributed by atoms with E-state index in [1.807, 2.05) is 22.3 Å². The van der Waals surface area contributed by atoms with Crippen molar-refractivity contribution in [2.24, 2.45) is 12.0 Å². The summed E-state index contributed by atoms with van der Waals surface area (Å²) in [5.74, 6) is 0.639. The second-order valence-corrected chi connectivity index (χ2v) is 5.70. The molecule has 0 aliphatic carbocycles. The Morgan fingerprint density at radius 1 is 1.31 bits per heavy atom. The number of phenols is 1. The molecule has 2 aliphatic rings. The van der Waals surface area contributed by atoms with E-state index >= 15 is 0 Å². The molecule has 0 saturated carbocycles. The molecule has 0 bridgehead atoms. The molecular weight excluding hydrogens is 344 g/mol. The highest BCUT2D eigenvalue weighted by molar-refractivity contribution is 5.81. The largest absolute Gasteiger partial charge is 0.508 e. The van der Waals surface area contributed by atoms with Gasteiger partial charge in [0.1, 0.15) is 28.7 Å². The second kappa shape index (κ2) is 6.17. The van der Waals surface area contributed by atoms with Gasteiger partial charge in [-0.05, 0) is 30.4 Å². The van der Waals surface area contributed by atoms with E-state index in [1.54, 1.807) is 30.2 Å². The van der Waals surface area contributed by atoms with Crippen LogP contribution in [-0.4, -0.2) is 39.3 Å². The van der Waals surface area contributed by atoms with Crippen molar-refractivity contribution < 1.29 is 18.6 Å². The van der Waals surface area contributed by atoms with Crippen LogP contribution in [0.2, 0.25) is 0 Å². The van der Waals surface area contributed by atoms with Crippen LogP contribution in [0.1, 0.15) is 0 Å². The molecule has 2 aromatic rings. The van der Waals surface area contributed by atoms with Gasteiger partial charge in [0.15, 0.2) is 0 Å². The van der Waals surface area contributed by atoms with E-state index in [2.05, 4.69) is 14.8 Å². The molecule has 0 amide bonds. The lowest BCUT2D eigenvalue weighted by Crippen LogP contribution is -2.34. The normalized spacial score (nSPS) is 15.6. The zero-order chi connectivity index (χ0) is 18.3. The molecule has 0 fully saturated rings. The van der Waals surface area contributed by atoms with Gasteiger partial charge in [0.05, 0.1) is 18.3 Å². The lowest BCUT2D eigenvalue weighted by atomic mass is 10.1. The minimum Gasteiger partial charge on any atom is -0.508 e. The van der Waals surface area contributed by atoms with E-state index in [0.29, 0.717) is 17.9 Å². The fourth-order valence-corrected chi connectivity index (χ4v) is 2.95. The quantitative estimate of drug-likeness (QED) is 0.909. The van der Waals surface area contributed by atoms with Crippen molar-refractivity contribution in [2.45, 2.75) is 6.61 Å². The predicted octanol–water partition coefficient (Wildman–Crippen LogP) is 2.87. The molecule has 4 rings (SSSR count). The number of aryl methyl sites for hydroxylation is 1. The molecule has 0 atom stereocenters. The van der Waals surface area contributed by atoms with Gasteiger partial charge >= 0.3 is 6.61 Å². The first-order chi connectivity index (χ1) is 12.5. The third kappa shape index (κ3) is 2.77. The van der Waals surface area contributed by atoms with E-state index in [0.717, 1.165) is 5.82 Å². The molecule has 3 heterocycles. The Morgan fingerprint density at radius 2 is 2.15 bits per heavy atom. The Morgan fingerprint density at radius 3 is 2.96 bits per heavy atom. The lowest BCUT2D eigenvalue weighted by Gasteiger charge is -2.30. The maximum atomic E-state index is 12.8. The van der Waals surface area contributed by atoms with Gasteiger partial charge in [0.25, 0.3) is 0 Å². The summed E-state index contributed by atoms with van der Waals surface area (Å²) < 4.78 is 31.8. The van der Waals surface area contributed by atoms with Gasteiger partial charge in [-0.1, -0.05) is 0 Å². The van der Waals surface area contributed by atoms with Gasteiger partial charge in [-0.2, -0.15) is 13.9 Å². The summed E-state index contributed by atoms with van der Waals surface area (Å²) in [5, 5.41) is 18.0. The maximum Gasteiger partial charge on any atom is 0.387 e. The van der Waals surface area contributed by atoms with Gasteiger partial charge in [0.2, 0.25) is 0 Å². The number of benzene rings is 1. The number of halogens is 2. The van der Waals surface area contributed by atoms with Crippen LogP contribution < -0.4 is 9.75 Å². The summed E-state index contributed by atoms with van der Waals surface area (Å²) in [4.78, 5) is 4.29. The third-order valence-electron chi connectivity index (χ3n) is 3.98. The third-order valence-corrected chi connectivity index (χ3v) is 3.98. The number of hydrogen-bond donors (Lipinski definition) is 1. The van der Waals surface area contributed by atoms with Crippen molar-refractivity contribution in [2.75, 3.05) is 11.6 Å². The fourth-order valence-electron chi connectivity index (χ4n) is 2.95. The monoisotopic (exact) mass is 359 g/mol. The molecule has 9 heteroatoms. The molecule has 0 spiro atoms. The van der Waals surface area contributed by atoms with Crippen LogP contribution in [-0.2, 0) is 7.05 Å². The van der Waals surface area contributed by atoms with Gasteiger partial charge in [-0.25, -0.2) is 10.0 Å². The van der Waals surface area contributed by atoms with Crippen LogP contribution in [0.15, 0.2) is 53.6 Å². The summed E-state index contributed by atoms with van der Waals surface area (Å²) in [6.07, 6.45) is 9.05. The van der Waals surface area contributed by atoms with E-state index in [-0.39, 0.29) is 17.1 Å². The zero-order valence-electron chi connectivity index (χ0n) is 13.8. The SMILES string of the molecule is Cn1cc(N2CC=C3N=CC=CN32)c(-c2cc(O)ccc2OC(F)F)n1. The Hall–Kier alpha value is -3.36. The summed E-state index contributed by atoms with van der Waals surface area (Å²) >= 11 is 0. The number of aromatic hydroxyl groups is 1. The lowest BCUT2D eigenvalue weighted by molar-refractivity contribution is -0.0494. The molecule has 1 aromatic carbocycles. The topological polar surface area (TPSA) is 66.1 Å². The standard InChI is InChI=1S/C17H15F2N5O2/c1-22-10-13(23-8-5-15-20-6-2-7-24(15)23)16(21-22)12-9-11(25)3-4-14(12)26-17(18)19/h2-7,9-10,17,25H,8H2,1H3. The number of nitrogens with zero attached hydrogens (tertiary/aromatic N) is 5. The molecule has 134 valence electrons. The molecule has 0 unspecified atom stereocenters. The highest BCUT2D eigenvalue weighted by Gasteiger charge is 2.28. The Kier molecular flexibility index (Phi) is 3.83. The van der Waals surface area contributed by atoms with Crippen molar-refractivity contribution in [1.82, 2.24) is 14.8 Å². The van der Waals surface area contributed by atoms with Crippen LogP contribution >= 0.6 is 0 Å². The summed E-state index contributed by atoms with van der Waals surface area (Å²) in [6.45, 7) is -2.44. The van der Waals surface area contributed by atoms with E-state index in [1.165, 1.54) is 18.2 Å². The zero-order valence-corrected chi connectivity index (χ0v) is 13.8. The predicted molar refractivity (Wildman–Crippen MR) is 91.8 cm³/mol. The van der Waals surface area contributed by atoms with Gasteiger partial charge in [-0.3, -0.25) is 9.69 Å². The molecule has 2 aliphatic heterocycles. The van der Waals surface area contributed by atoms with Crippen LogP contribution in [0.5, 0.6) is 11.5 Å². The Bertz CT molecular complexity index is 935. The van der Waals surface area contributed by atoms with Crippen LogP contribution in [0.25, 0.3) is 11.3 Å². The average Bonchev–Trinajstić information content (AvgIpc) is 3.19. The molecule has 1 N–H and O–H groups in total. The fraction of sp³-hybridized carbons (Fsp3) is 0.176. The van der Waals surface area contributed by atoms with Gasteiger partial charge in [-0.15, -0.1) is 0 Å². The van der Waals surface area contributed by atoms with Crippen molar-refractivity contribution in [3.05, 3.63) is 48.6 Å². The van der Waals surface area contributed by atoms with E-state index in [4.69, 9.17) is 0 Å². The van der Waals surface area contributed by atoms with Gasteiger partial charge < -0.3 is 9.84 Å². The number of hydrazine groups is 1. The van der Waals surface area contributed by atoms with Crippen molar-refractivity contribution >= 4 is 11.9 Å². The Balaban J connectivity index is 1.79. The van der Waals surface area contributed by atoms with E-state index < -0.39 is 6.61 Å². The molecule has 7 nitrogen and oxygen atoms in total. The molecule has 1 aromatic heterocycles. The second-order valence-electron chi connectivity index (χ2n) is 5.70. The van der Waals surface area contributed by atoms with Crippen LogP contribution in [0, 0.1) is 0 Å². The number of aliphatic imine (C=N–C) groups is 1. The first kappa shape index (κ1) is 16.1. The number of rotatable bonds is 4. The number of hydrogen-bond acceptors (Lipinski definition) is 6. The minimum atomic E-state index is -2.98. The van der Waals surface area contributed by atoms with Crippen LogP contribution in [0.4, 0.5) is 14.5 Å². The van der Waals surface area contributed by atoms with Crippen molar-refractivity contribution in [3.63, 3.8) is 0 Å². The molecule has 26 heavy (non-hydrogen) atoms. The molecule has 0 saturated heterocycles. The highest BCUT2D eigenvalue weighted by Crippen LogP contribution is 2.40. The number of allylic oxidation sites excluding steroid dienone is 1. The van der Waals surface area contributed by atoms with E-state index in [9.17, 15) is 13.9 Å². The van der Waals surface area contributed by atoms with Gasteiger partial charge in [0, 0.05) is 19.5 Å². The highest BCUT2D eigenvalue weighted by atomic mass is 19.3. The summed E-state index contributed by atoms with van der Waals surface area (Å²) in [7, 11) is 1.73. The number of fused-ring (bicyclic) bond motifs is 1. The smallest absolute Gasteiger partial charge is 0.387 e.